The molecule has 1 heterocycles. The quantitative estimate of drug-likeness (QED) is 0.571. The minimum atomic E-state index is -3.88. The second kappa shape index (κ2) is 8.01. The van der Waals surface area contributed by atoms with Crippen molar-refractivity contribution in [3.63, 3.8) is 0 Å². The Morgan fingerprint density at radius 2 is 2.00 bits per heavy atom. The van der Waals surface area contributed by atoms with Gasteiger partial charge in [-0.15, -0.1) is 0 Å². The van der Waals surface area contributed by atoms with Crippen molar-refractivity contribution < 1.29 is 21.2 Å². The zero-order valence-corrected chi connectivity index (χ0v) is 17.1. The van der Waals surface area contributed by atoms with Gasteiger partial charge in [0.1, 0.15) is 5.82 Å². The molecule has 1 aromatic rings. The summed E-state index contributed by atoms with van der Waals surface area (Å²) < 4.78 is 63.8. The Morgan fingerprint density at radius 1 is 1.22 bits per heavy atom. The van der Waals surface area contributed by atoms with Gasteiger partial charge in [0.2, 0.25) is 0 Å². The highest BCUT2D eigenvalue weighted by Crippen LogP contribution is 2.27. The van der Waals surface area contributed by atoms with Crippen LogP contribution in [0.5, 0.6) is 0 Å². The van der Waals surface area contributed by atoms with Crippen LogP contribution in [-0.2, 0) is 19.7 Å². The van der Waals surface area contributed by atoms with Crippen LogP contribution in [0.4, 0.5) is 4.39 Å². The van der Waals surface area contributed by atoms with Gasteiger partial charge in [0.15, 0.2) is 19.7 Å². The Labute approximate surface area is 160 Å². The second-order valence-electron chi connectivity index (χ2n) is 7.49. The van der Waals surface area contributed by atoms with Crippen molar-refractivity contribution in [1.82, 2.24) is 5.32 Å². The molecule has 0 radical (unpaired) electrons. The fourth-order valence-corrected chi connectivity index (χ4v) is 8.63. The van der Waals surface area contributed by atoms with Crippen molar-refractivity contribution in [3.05, 3.63) is 41.2 Å². The van der Waals surface area contributed by atoms with Gasteiger partial charge in [0, 0.05) is 6.04 Å². The molecule has 1 N–H and O–H groups in total. The second-order valence-corrected chi connectivity index (χ2v) is 11.8. The smallest absolute Gasteiger partial charge is 0.183 e. The average molecular weight is 416 g/mol. The molecule has 0 unspecified atom stereocenters. The number of rotatable bonds is 6. The molecule has 8 heteroatoms. The molecule has 2 aliphatic rings. The Balaban J connectivity index is 1.76. The average Bonchev–Trinajstić information content (AvgIpc) is 2.93. The van der Waals surface area contributed by atoms with Crippen LogP contribution in [0.1, 0.15) is 37.7 Å². The summed E-state index contributed by atoms with van der Waals surface area (Å²) in [5.41, 5.74) is 1.58. The van der Waals surface area contributed by atoms with E-state index in [4.69, 9.17) is 0 Å². The monoisotopic (exact) mass is 415 g/mol. The van der Waals surface area contributed by atoms with E-state index in [9.17, 15) is 21.2 Å². The Kier molecular flexibility index (Phi) is 6.08. The number of hydrogen-bond donors (Lipinski definition) is 1. The van der Waals surface area contributed by atoms with E-state index in [-0.39, 0.29) is 16.2 Å². The van der Waals surface area contributed by atoms with Gasteiger partial charge in [-0.25, -0.2) is 21.2 Å². The third-order valence-corrected chi connectivity index (χ3v) is 9.54. The van der Waals surface area contributed by atoms with Crippen molar-refractivity contribution in [2.45, 2.75) is 55.2 Å². The molecule has 0 bridgehead atoms. The first-order valence-corrected chi connectivity index (χ1v) is 12.7. The normalized spacial score (nSPS) is 25.3. The van der Waals surface area contributed by atoms with Crippen molar-refractivity contribution in [3.8, 4) is 0 Å². The van der Waals surface area contributed by atoms with Crippen molar-refractivity contribution >= 4 is 19.7 Å². The van der Waals surface area contributed by atoms with Gasteiger partial charge in [-0.1, -0.05) is 11.6 Å². The molecule has 0 aromatic heterocycles. The van der Waals surface area contributed by atoms with E-state index in [1.165, 1.54) is 37.5 Å². The largest absolute Gasteiger partial charge is 0.311 e. The van der Waals surface area contributed by atoms with E-state index in [2.05, 4.69) is 11.4 Å². The molecule has 150 valence electrons. The highest BCUT2D eigenvalue weighted by Gasteiger charge is 2.45. The molecule has 1 aliphatic carbocycles. The Hall–Kier alpha value is -1.25. The first-order valence-electron chi connectivity index (χ1n) is 9.31. The van der Waals surface area contributed by atoms with Crippen LogP contribution in [0.15, 0.2) is 34.7 Å². The topological polar surface area (TPSA) is 80.3 Å². The van der Waals surface area contributed by atoms with E-state index in [0.29, 0.717) is 6.54 Å². The van der Waals surface area contributed by atoms with Crippen LogP contribution in [0.2, 0.25) is 0 Å². The van der Waals surface area contributed by atoms with Gasteiger partial charge in [0.05, 0.1) is 21.7 Å². The number of aryl methyl sites for hydroxylation is 1. The first kappa shape index (κ1) is 20.5. The van der Waals surface area contributed by atoms with Crippen LogP contribution in [-0.4, -0.2) is 46.2 Å². The molecule has 1 saturated heterocycles. The van der Waals surface area contributed by atoms with Crippen molar-refractivity contribution in [2.75, 3.05) is 18.1 Å². The summed E-state index contributed by atoms with van der Waals surface area (Å²) in [5, 5.41) is 2.11. The van der Waals surface area contributed by atoms with Gasteiger partial charge >= 0.3 is 0 Å². The highest BCUT2D eigenvalue weighted by molar-refractivity contribution is 7.96. The van der Waals surface area contributed by atoms with Gasteiger partial charge in [0.25, 0.3) is 0 Å². The molecule has 0 saturated carbocycles. The number of nitrogens with one attached hydrogen (secondary N) is 1. The number of allylic oxidation sites excluding steroid dienone is 1. The van der Waals surface area contributed by atoms with E-state index >= 15 is 0 Å². The summed E-state index contributed by atoms with van der Waals surface area (Å²) in [6.07, 6.45) is 7.54. The molecule has 1 fully saturated rings. The van der Waals surface area contributed by atoms with E-state index in [1.807, 2.05) is 0 Å². The summed E-state index contributed by atoms with van der Waals surface area (Å²) in [5.74, 6) is -1.06. The molecule has 0 amide bonds. The summed E-state index contributed by atoms with van der Waals surface area (Å²) in [6, 6.07) is 2.96. The molecule has 27 heavy (non-hydrogen) atoms. The molecule has 1 aromatic carbocycles. The fraction of sp³-hybridized carbons (Fsp3) is 0.579. The lowest BCUT2D eigenvalue weighted by molar-refractivity contribution is 0.523. The SMILES string of the molecule is Cc1cc(S(=O)(=O)[C@@H]2CS(=O)(=O)C[C@H]2NCCC2=CCCCC2)ccc1F. The minimum Gasteiger partial charge on any atom is -0.311 e. The molecule has 1 aliphatic heterocycles. The summed E-state index contributed by atoms with van der Waals surface area (Å²) in [6.45, 7) is 2.05. The van der Waals surface area contributed by atoms with E-state index in [1.54, 1.807) is 0 Å². The summed E-state index contributed by atoms with van der Waals surface area (Å²) in [7, 11) is -7.32. The van der Waals surface area contributed by atoms with E-state index < -0.39 is 42.5 Å². The van der Waals surface area contributed by atoms with Crippen LogP contribution in [0.3, 0.4) is 0 Å². The standard InChI is InChI=1S/C19H26FNO4S2/c1-14-11-16(7-8-17(14)20)27(24,25)19-13-26(22,23)12-18(19)21-10-9-15-5-3-2-4-6-15/h5,7-8,11,18-19,21H,2-4,6,9-10,12-13H2,1H3/t18-,19-/m1/s1. The van der Waals surface area contributed by atoms with Crippen molar-refractivity contribution in [1.29, 1.82) is 0 Å². The maximum atomic E-state index is 13.5. The van der Waals surface area contributed by atoms with Crippen LogP contribution < -0.4 is 5.32 Å². The summed E-state index contributed by atoms with van der Waals surface area (Å²) in [4.78, 5) is -0.0229. The van der Waals surface area contributed by atoms with Crippen LogP contribution in [0.25, 0.3) is 0 Å². The maximum Gasteiger partial charge on any atom is 0.183 e. The predicted molar refractivity (Wildman–Crippen MR) is 104 cm³/mol. The lowest BCUT2D eigenvalue weighted by Crippen LogP contribution is -2.43. The molecular formula is C19H26FNO4S2. The molecule has 0 spiro atoms. The number of hydrogen-bond acceptors (Lipinski definition) is 5. The number of benzene rings is 1. The molecule has 5 nitrogen and oxygen atoms in total. The molecule has 2 atom stereocenters. The maximum absolute atomic E-state index is 13.5. The van der Waals surface area contributed by atoms with Gasteiger partial charge in [-0.2, -0.15) is 0 Å². The van der Waals surface area contributed by atoms with E-state index in [0.717, 1.165) is 25.3 Å². The minimum absolute atomic E-state index is 0.0229. The molecule has 3 rings (SSSR count). The lowest BCUT2D eigenvalue weighted by Gasteiger charge is -2.21. The highest BCUT2D eigenvalue weighted by atomic mass is 32.2. The third kappa shape index (κ3) is 4.78. The predicted octanol–water partition coefficient (Wildman–Crippen LogP) is 2.55. The number of halogens is 1. The van der Waals surface area contributed by atoms with Gasteiger partial charge in [-0.05, 0) is 69.3 Å². The Bertz CT molecular complexity index is 938. The van der Waals surface area contributed by atoms with Gasteiger partial charge in [-0.3, -0.25) is 0 Å². The number of sulfone groups is 2. The van der Waals surface area contributed by atoms with Crippen LogP contribution >= 0.6 is 0 Å². The zero-order valence-electron chi connectivity index (χ0n) is 15.4. The summed E-state index contributed by atoms with van der Waals surface area (Å²) >= 11 is 0. The Morgan fingerprint density at radius 3 is 2.67 bits per heavy atom. The van der Waals surface area contributed by atoms with Crippen molar-refractivity contribution in [2.24, 2.45) is 0 Å². The van der Waals surface area contributed by atoms with Gasteiger partial charge < -0.3 is 5.32 Å². The van der Waals surface area contributed by atoms with Crippen LogP contribution in [0, 0.1) is 12.7 Å². The zero-order chi connectivity index (χ0) is 19.7. The fourth-order valence-electron chi connectivity index (χ4n) is 3.83. The lowest BCUT2D eigenvalue weighted by atomic mass is 9.97. The third-order valence-electron chi connectivity index (χ3n) is 5.39. The first-order chi connectivity index (χ1) is 12.7. The molecular weight excluding hydrogens is 389 g/mol.